The molecule has 1 aliphatic heterocycles. The van der Waals surface area contributed by atoms with E-state index in [1.807, 2.05) is 36.9 Å². The fraction of sp³-hybridized carbons (Fsp3) is 0.529. The smallest absolute Gasteiger partial charge is 0.238 e. The highest BCUT2D eigenvalue weighted by Gasteiger charge is 2.18. The number of rotatable bonds is 5. The highest BCUT2D eigenvalue weighted by molar-refractivity contribution is 5.93. The summed E-state index contributed by atoms with van der Waals surface area (Å²) in [5.74, 6) is -0.0251. The van der Waals surface area contributed by atoms with Gasteiger partial charge in [-0.3, -0.25) is 14.5 Å². The number of benzene rings is 1. The van der Waals surface area contributed by atoms with Gasteiger partial charge in [-0.1, -0.05) is 12.1 Å². The molecule has 0 bridgehead atoms. The fourth-order valence-electron chi connectivity index (χ4n) is 2.61. The number of anilines is 1. The molecule has 1 aromatic carbocycles. The van der Waals surface area contributed by atoms with Crippen LogP contribution in [0, 0.1) is 13.8 Å². The molecule has 6 heteroatoms. The number of likely N-dealkylation sites (N-methyl/N-ethyl adjacent to an activating group) is 1. The van der Waals surface area contributed by atoms with Gasteiger partial charge in [-0.05, 0) is 38.1 Å². The van der Waals surface area contributed by atoms with E-state index in [1.54, 1.807) is 11.9 Å². The summed E-state index contributed by atoms with van der Waals surface area (Å²) in [5, 5.41) is 6.14. The van der Waals surface area contributed by atoms with Crippen LogP contribution >= 0.6 is 0 Å². The van der Waals surface area contributed by atoms with Crippen molar-refractivity contribution in [1.82, 2.24) is 15.1 Å². The molecule has 2 rings (SSSR count). The highest BCUT2D eigenvalue weighted by Crippen LogP contribution is 2.16. The summed E-state index contributed by atoms with van der Waals surface area (Å²) < 4.78 is 0. The molecule has 1 heterocycles. The van der Waals surface area contributed by atoms with Crippen molar-refractivity contribution in [2.75, 3.05) is 51.6 Å². The van der Waals surface area contributed by atoms with E-state index in [1.165, 1.54) is 0 Å². The number of nitrogens with zero attached hydrogens (tertiary/aromatic N) is 2. The predicted molar refractivity (Wildman–Crippen MR) is 91.5 cm³/mol. The van der Waals surface area contributed by atoms with E-state index >= 15 is 0 Å². The quantitative estimate of drug-likeness (QED) is 0.835. The van der Waals surface area contributed by atoms with Crippen molar-refractivity contribution in [2.24, 2.45) is 0 Å². The summed E-state index contributed by atoms with van der Waals surface area (Å²) in [4.78, 5) is 27.9. The Kier molecular flexibility index (Phi) is 6.12. The summed E-state index contributed by atoms with van der Waals surface area (Å²) in [6.45, 7) is 7.57. The topological polar surface area (TPSA) is 64.7 Å². The normalized spacial score (nSPS) is 14.9. The molecular weight excluding hydrogens is 292 g/mol. The molecule has 0 radical (unpaired) electrons. The van der Waals surface area contributed by atoms with E-state index in [-0.39, 0.29) is 24.9 Å². The molecular formula is C17H26N4O2. The van der Waals surface area contributed by atoms with Gasteiger partial charge in [0.25, 0.3) is 0 Å². The molecule has 6 nitrogen and oxygen atoms in total. The molecule has 0 spiro atoms. The van der Waals surface area contributed by atoms with E-state index in [4.69, 9.17) is 0 Å². The zero-order chi connectivity index (χ0) is 16.8. The van der Waals surface area contributed by atoms with Gasteiger partial charge in [-0.25, -0.2) is 0 Å². The molecule has 0 aromatic heterocycles. The van der Waals surface area contributed by atoms with Crippen LogP contribution < -0.4 is 10.6 Å². The Morgan fingerprint density at radius 2 is 1.91 bits per heavy atom. The Hall–Kier alpha value is -1.92. The maximum absolute atomic E-state index is 12.2. The number of nitrogens with one attached hydrogen (secondary N) is 2. The number of aryl methyl sites for hydroxylation is 2. The summed E-state index contributed by atoms with van der Waals surface area (Å²) in [5.41, 5.74) is 2.97. The van der Waals surface area contributed by atoms with Crippen LogP contribution in [-0.2, 0) is 9.59 Å². The number of amides is 2. The number of carbonyl (C=O) groups is 2. The van der Waals surface area contributed by atoms with E-state index < -0.39 is 0 Å². The monoisotopic (exact) mass is 318 g/mol. The maximum atomic E-state index is 12.2. The van der Waals surface area contributed by atoms with Gasteiger partial charge in [0.1, 0.15) is 0 Å². The second-order valence-corrected chi connectivity index (χ2v) is 6.17. The van der Waals surface area contributed by atoms with E-state index in [9.17, 15) is 9.59 Å². The summed E-state index contributed by atoms with van der Waals surface area (Å²) in [7, 11) is 1.79. The lowest BCUT2D eigenvalue weighted by molar-refractivity contribution is -0.133. The first-order valence-electron chi connectivity index (χ1n) is 8.00. The molecule has 1 fully saturated rings. The number of carbonyl (C=O) groups excluding carboxylic acids is 2. The maximum Gasteiger partial charge on any atom is 0.238 e. The Morgan fingerprint density at radius 3 is 2.61 bits per heavy atom. The lowest BCUT2D eigenvalue weighted by Crippen LogP contribution is -2.49. The summed E-state index contributed by atoms with van der Waals surface area (Å²) in [6, 6.07) is 5.96. The van der Waals surface area contributed by atoms with Crippen LogP contribution in [0.25, 0.3) is 0 Å². The lowest BCUT2D eigenvalue weighted by atomic mass is 10.1. The van der Waals surface area contributed by atoms with Gasteiger partial charge < -0.3 is 15.5 Å². The SMILES string of the molecule is Cc1ccc(C)c(NC(=O)CN(C)CC(=O)N2CCNCC2)c1. The number of piperazine rings is 1. The first-order valence-corrected chi connectivity index (χ1v) is 8.00. The van der Waals surface area contributed by atoms with Crippen molar-refractivity contribution in [3.63, 3.8) is 0 Å². The minimum atomic E-state index is -0.102. The molecule has 1 aliphatic rings. The van der Waals surface area contributed by atoms with Crippen LogP contribution in [0.4, 0.5) is 5.69 Å². The van der Waals surface area contributed by atoms with Crippen LogP contribution in [0.15, 0.2) is 18.2 Å². The Labute approximate surface area is 137 Å². The average Bonchev–Trinajstić information content (AvgIpc) is 2.51. The van der Waals surface area contributed by atoms with Crippen LogP contribution in [-0.4, -0.2) is 67.9 Å². The van der Waals surface area contributed by atoms with Crippen molar-refractivity contribution in [2.45, 2.75) is 13.8 Å². The molecule has 0 atom stereocenters. The van der Waals surface area contributed by atoms with Crippen molar-refractivity contribution in [3.05, 3.63) is 29.3 Å². The highest BCUT2D eigenvalue weighted by atomic mass is 16.2. The Morgan fingerprint density at radius 1 is 1.22 bits per heavy atom. The van der Waals surface area contributed by atoms with Gasteiger partial charge in [0.2, 0.25) is 11.8 Å². The van der Waals surface area contributed by atoms with Gasteiger partial charge in [0.15, 0.2) is 0 Å². The zero-order valence-corrected chi connectivity index (χ0v) is 14.2. The molecule has 126 valence electrons. The summed E-state index contributed by atoms with van der Waals surface area (Å²) >= 11 is 0. The van der Waals surface area contributed by atoms with Crippen molar-refractivity contribution >= 4 is 17.5 Å². The standard InChI is InChI=1S/C17H26N4O2/c1-13-4-5-14(2)15(10-13)19-16(22)11-20(3)12-17(23)21-8-6-18-7-9-21/h4-5,10,18H,6-9,11-12H2,1-3H3,(H,19,22). The minimum Gasteiger partial charge on any atom is -0.339 e. The second-order valence-electron chi connectivity index (χ2n) is 6.17. The van der Waals surface area contributed by atoms with Crippen LogP contribution in [0.1, 0.15) is 11.1 Å². The number of hydrogen-bond acceptors (Lipinski definition) is 4. The lowest BCUT2D eigenvalue weighted by Gasteiger charge is -2.29. The van der Waals surface area contributed by atoms with E-state index in [0.717, 1.165) is 43.0 Å². The molecule has 0 aliphatic carbocycles. The fourth-order valence-corrected chi connectivity index (χ4v) is 2.61. The van der Waals surface area contributed by atoms with E-state index in [2.05, 4.69) is 10.6 Å². The molecule has 0 saturated carbocycles. The molecule has 23 heavy (non-hydrogen) atoms. The Bertz CT molecular complexity index is 568. The van der Waals surface area contributed by atoms with Gasteiger partial charge in [-0.15, -0.1) is 0 Å². The van der Waals surface area contributed by atoms with Crippen LogP contribution in [0.5, 0.6) is 0 Å². The first kappa shape index (κ1) is 17.4. The first-order chi connectivity index (χ1) is 11.0. The van der Waals surface area contributed by atoms with Crippen LogP contribution in [0.2, 0.25) is 0 Å². The molecule has 1 saturated heterocycles. The zero-order valence-electron chi connectivity index (χ0n) is 14.2. The van der Waals surface area contributed by atoms with Gasteiger partial charge in [-0.2, -0.15) is 0 Å². The molecule has 2 amide bonds. The predicted octanol–water partition coefficient (Wildman–Crippen LogP) is 0.606. The second kappa shape index (κ2) is 8.08. The van der Waals surface area contributed by atoms with E-state index in [0.29, 0.717) is 0 Å². The van der Waals surface area contributed by atoms with Gasteiger partial charge in [0.05, 0.1) is 13.1 Å². The third-order valence-corrected chi connectivity index (χ3v) is 3.96. The van der Waals surface area contributed by atoms with Crippen molar-refractivity contribution in [3.8, 4) is 0 Å². The molecule has 0 unspecified atom stereocenters. The average molecular weight is 318 g/mol. The van der Waals surface area contributed by atoms with Crippen LogP contribution in [0.3, 0.4) is 0 Å². The van der Waals surface area contributed by atoms with Gasteiger partial charge >= 0.3 is 0 Å². The van der Waals surface area contributed by atoms with Crippen molar-refractivity contribution in [1.29, 1.82) is 0 Å². The molecule has 2 N–H and O–H groups in total. The minimum absolute atomic E-state index is 0.0773. The largest absolute Gasteiger partial charge is 0.339 e. The number of hydrogen-bond donors (Lipinski definition) is 2. The molecule has 1 aromatic rings. The third-order valence-electron chi connectivity index (χ3n) is 3.96. The third kappa shape index (κ3) is 5.33. The Balaban J connectivity index is 1.82. The van der Waals surface area contributed by atoms with Gasteiger partial charge in [0, 0.05) is 31.9 Å². The van der Waals surface area contributed by atoms with Crippen molar-refractivity contribution < 1.29 is 9.59 Å². The summed E-state index contributed by atoms with van der Waals surface area (Å²) in [6.07, 6.45) is 0.